The summed E-state index contributed by atoms with van der Waals surface area (Å²) in [7, 11) is 0. The van der Waals surface area contributed by atoms with Crippen molar-refractivity contribution in [3.8, 4) is 5.88 Å². The summed E-state index contributed by atoms with van der Waals surface area (Å²) in [5.41, 5.74) is 3.21. The Morgan fingerprint density at radius 2 is 2.18 bits per heavy atom. The van der Waals surface area contributed by atoms with Gasteiger partial charge in [-0.05, 0) is 57.7 Å². The minimum Gasteiger partial charge on any atom is -0.474 e. The number of aromatic nitrogens is 4. The van der Waals surface area contributed by atoms with E-state index in [1.54, 1.807) is 6.20 Å². The standard InChI is InChI=1S/C21H25N5O2/c1-13(2)24-20(27)19-17-12-26(25-18(17)7-8-22-19)11-15-9-14(3)21(23-10-15)28-16-5-4-6-16/h7-10,12-13,16H,4-6,11H2,1-3H3,(H,24,27). The number of carbonyl (C=O) groups is 1. The topological polar surface area (TPSA) is 81.9 Å². The molecule has 0 spiro atoms. The average Bonchev–Trinajstić information content (AvgIpc) is 3.01. The highest BCUT2D eigenvalue weighted by Crippen LogP contribution is 2.26. The Hall–Kier alpha value is -2.96. The highest BCUT2D eigenvalue weighted by atomic mass is 16.5. The van der Waals surface area contributed by atoms with Crippen LogP contribution in [0.25, 0.3) is 10.9 Å². The first kappa shape index (κ1) is 18.4. The largest absolute Gasteiger partial charge is 0.474 e. The number of hydrogen-bond donors (Lipinski definition) is 1. The quantitative estimate of drug-likeness (QED) is 0.711. The molecule has 3 heterocycles. The lowest BCUT2D eigenvalue weighted by Crippen LogP contribution is -2.30. The molecule has 1 aliphatic carbocycles. The molecule has 1 aliphatic rings. The number of ether oxygens (including phenoxy) is 1. The number of rotatable bonds is 6. The first-order valence-electron chi connectivity index (χ1n) is 9.75. The third kappa shape index (κ3) is 3.83. The van der Waals surface area contributed by atoms with Crippen molar-refractivity contribution >= 4 is 16.8 Å². The van der Waals surface area contributed by atoms with Crippen LogP contribution >= 0.6 is 0 Å². The van der Waals surface area contributed by atoms with E-state index in [2.05, 4.69) is 26.4 Å². The van der Waals surface area contributed by atoms with E-state index in [9.17, 15) is 4.79 Å². The number of pyridine rings is 2. The average molecular weight is 379 g/mol. The Morgan fingerprint density at radius 1 is 1.36 bits per heavy atom. The van der Waals surface area contributed by atoms with Crippen molar-refractivity contribution in [2.75, 3.05) is 0 Å². The van der Waals surface area contributed by atoms with E-state index >= 15 is 0 Å². The maximum absolute atomic E-state index is 12.4. The van der Waals surface area contributed by atoms with Gasteiger partial charge in [-0.15, -0.1) is 0 Å². The van der Waals surface area contributed by atoms with E-state index in [-0.39, 0.29) is 11.9 Å². The second-order valence-electron chi connectivity index (χ2n) is 7.68. The van der Waals surface area contributed by atoms with Gasteiger partial charge in [0.25, 0.3) is 5.91 Å². The lowest BCUT2D eigenvalue weighted by molar-refractivity contribution is 0.0940. The third-order valence-electron chi connectivity index (χ3n) is 4.88. The number of fused-ring (bicyclic) bond motifs is 1. The molecule has 3 aromatic heterocycles. The fourth-order valence-corrected chi connectivity index (χ4v) is 3.25. The minimum absolute atomic E-state index is 0.0503. The van der Waals surface area contributed by atoms with Crippen molar-refractivity contribution in [1.82, 2.24) is 25.1 Å². The van der Waals surface area contributed by atoms with Gasteiger partial charge in [0.15, 0.2) is 0 Å². The van der Waals surface area contributed by atoms with Crippen molar-refractivity contribution < 1.29 is 9.53 Å². The van der Waals surface area contributed by atoms with Gasteiger partial charge in [-0.3, -0.25) is 14.5 Å². The predicted molar refractivity (Wildman–Crippen MR) is 106 cm³/mol. The molecule has 3 aromatic rings. The highest BCUT2D eigenvalue weighted by molar-refractivity contribution is 6.04. The summed E-state index contributed by atoms with van der Waals surface area (Å²) in [6.07, 6.45) is 9.10. The Labute approximate surface area is 164 Å². The van der Waals surface area contributed by atoms with Gasteiger partial charge in [0.2, 0.25) is 5.88 Å². The molecule has 0 bridgehead atoms. The molecular weight excluding hydrogens is 354 g/mol. The fraction of sp³-hybridized carbons (Fsp3) is 0.429. The SMILES string of the molecule is Cc1cc(Cn2cc3c(C(=O)NC(C)C)nccc3n2)cnc1OC1CCC1. The van der Waals surface area contributed by atoms with Crippen molar-refractivity contribution in [3.05, 3.63) is 47.5 Å². The van der Waals surface area contributed by atoms with Crippen LogP contribution in [0.1, 0.15) is 54.7 Å². The van der Waals surface area contributed by atoms with Crippen LogP contribution in [0.4, 0.5) is 0 Å². The second kappa shape index (κ2) is 7.58. The molecular formula is C21H25N5O2. The number of hydrogen-bond acceptors (Lipinski definition) is 5. The van der Waals surface area contributed by atoms with E-state index in [4.69, 9.17) is 4.74 Å². The van der Waals surface area contributed by atoms with Crippen LogP contribution in [0.3, 0.4) is 0 Å². The lowest BCUT2D eigenvalue weighted by Gasteiger charge is -2.26. The van der Waals surface area contributed by atoms with Crippen LogP contribution < -0.4 is 10.1 Å². The number of amides is 1. The van der Waals surface area contributed by atoms with E-state index < -0.39 is 0 Å². The molecule has 0 aliphatic heterocycles. The second-order valence-corrected chi connectivity index (χ2v) is 7.68. The molecule has 1 N–H and O–H groups in total. The van der Waals surface area contributed by atoms with Gasteiger partial charge in [0.05, 0.1) is 17.4 Å². The molecule has 0 aromatic carbocycles. The van der Waals surface area contributed by atoms with Gasteiger partial charge in [0.1, 0.15) is 11.8 Å². The monoisotopic (exact) mass is 379 g/mol. The molecule has 4 rings (SSSR count). The van der Waals surface area contributed by atoms with Gasteiger partial charge in [-0.2, -0.15) is 5.10 Å². The van der Waals surface area contributed by atoms with E-state index in [0.717, 1.165) is 40.8 Å². The highest BCUT2D eigenvalue weighted by Gasteiger charge is 2.20. The summed E-state index contributed by atoms with van der Waals surface area (Å²) in [4.78, 5) is 21.1. The molecule has 7 heteroatoms. The van der Waals surface area contributed by atoms with Gasteiger partial charge >= 0.3 is 0 Å². The molecule has 1 amide bonds. The van der Waals surface area contributed by atoms with Crippen LogP contribution in [0.2, 0.25) is 0 Å². The number of carbonyl (C=O) groups excluding carboxylic acids is 1. The number of nitrogens with zero attached hydrogens (tertiary/aromatic N) is 4. The number of aryl methyl sites for hydroxylation is 1. The summed E-state index contributed by atoms with van der Waals surface area (Å²) < 4.78 is 7.74. The van der Waals surface area contributed by atoms with Crippen molar-refractivity contribution in [2.24, 2.45) is 0 Å². The van der Waals surface area contributed by atoms with E-state index in [1.807, 2.05) is 43.9 Å². The number of nitrogens with one attached hydrogen (secondary N) is 1. The lowest BCUT2D eigenvalue weighted by atomic mass is 9.96. The summed E-state index contributed by atoms with van der Waals surface area (Å²) in [6.45, 7) is 6.43. The van der Waals surface area contributed by atoms with E-state index in [1.165, 1.54) is 6.42 Å². The Morgan fingerprint density at radius 3 is 2.86 bits per heavy atom. The molecule has 28 heavy (non-hydrogen) atoms. The van der Waals surface area contributed by atoms with Crippen LogP contribution in [0.15, 0.2) is 30.7 Å². The van der Waals surface area contributed by atoms with Crippen LogP contribution in [0, 0.1) is 6.92 Å². The molecule has 1 saturated carbocycles. The molecule has 1 fully saturated rings. The summed E-state index contributed by atoms with van der Waals surface area (Å²) >= 11 is 0. The Bertz CT molecular complexity index is 1010. The molecule has 7 nitrogen and oxygen atoms in total. The third-order valence-corrected chi connectivity index (χ3v) is 4.88. The van der Waals surface area contributed by atoms with Gasteiger partial charge in [-0.25, -0.2) is 4.98 Å². The molecule has 0 radical (unpaired) electrons. The summed E-state index contributed by atoms with van der Waals surface area (Å²) in [6, 6.07) is 3.95. The van der Waals surface area contributed by atoms with Crippen LogP contribution in [-0.4, -0.2) is 37.8 Å². The molecule has 146 valence electrons. The summed E-state index contributed by atoms with van der Waals surface area (Å²) in [5.74, 6) is 0.533. The summed E-state index contributed by atoms with van der Waals surface area (Å²) in [5, 5.41) is 8.22. The molecule has 0 unspecified atom stereocenters. The molecule has 0 saturated heterocycles. The normalized spacial score (nSPS) is 14.3. The Kier molecular flexibility index (Phi) is 4.98. The van der Waals surface area contributed by atoms with Crippen molar-refractivity contribution in [2.45, 2.75) is 58.7 Å². The smallest absolute Gasteiger partial charge is 0.270 e. The minimum atomic E-state index is -0.185. The fourth-order valence-electron chi connectivity index (χ4n) is 3.25. The van der Waals surface area contributed by atoms with Crippen LogP contribution in [0.5, 0.6) is 5.88 Å². The maximum Gasteiger partial charge on any atom is 0.270 e. The zero-order valence-electron chi connectivity index (χ0n) is 16.5. The van der Waals surface area contributed by atoms with Gasteiger partial charge in [0, 0.05) is 30.2 Å². The van der Waals surface area contributed by atoms with Gasteiger partial charge < -0.3 is 10.1 Å². The molecule has 0 atom stereocenters. The van der Waals surface area contributed by atoms with Crippen LogP contribution in [-0.2, 0) is 6.54 Å². The predicted octanol–water partition coefficient (Wildman–Crippen LogP) is 3.25. The maximum atomic E-state index is 12.4. The Balaban J connectivity index is 1.55. The zero-order chi connectivity index (χ0) is 19.7. The first-order chi connectivity index (χ1) is 13.5. The van der Waals surface area contributed by atoms with Crippen molar-refractivity contribution in [1.29, 1.82) is 0 Å². The van der Waals surface area contributed by atoms with Gasteiger partial charge in [-0.1, -0.05) is 0 Å². The van der Waals surface area contributed by atoms with E-state index in [0.29, 0.717) is 18.3 Å². The van der Waals surface area contributed by atoms with Crippen molar-refractivity contribution in [3.63, 3.8) is 0 Å². The zero-order valence-corrected chi connectivity index (χ0v) is 16.5. The first-order valence-corrected chi connectivity index (χ1v) is 9.75.